The second kappa shape index (κ2) is 2.46. The van der Waals surface area contributed by atoms with Crippen LogP contribution in [0.15, 0.2) is 16.7 Å². The van der Waals surface area contributed by atoms with Gasteiger partial charge >= 0.3 is 0 Å². The predicted octanol–water partition coefficient (Wildman–Crippen LogP) is 1.22. The number of anilines is 1. The Hall–Kier alpha value is -1.08. The van der Waals surface area contributed by atoms with Crippen molar-refractivity contribution >= 4 is 31.2 Å². The van der Waals surface area contributed by atoms with Crippen molar-refractivity contribution in [2.45, 2.75) is 6.92 Å². The summed E-state index contributed by atoms with van der Waals surface area (Å²) in [6, 6.07) is 3.75. The van der Waals surface area contributed by atoms with Crippen LogP contribution < -0.4 is 11.0 Å². The quantitative estimate of drug-likeness (QED) is 0.489. The van der Waals surface area contributed by atoms with Crippen molar-refractivity contribution in [3.05, 3.63) is 17.8 Å². The van der Waals surface area contributed by atoms with Crippen LogP contribution in [0.3, 0.4) is 0 Å². The van der Waals surface area contributed by atoms with Crippen molar-refractivity contribution in [2.75, 3.05) is 5.73 Å². The first kappa shape index (κ1) is 7.56. The van der Waals surface area contributed by atoms with Crippen LogP contribution in [0.4, 0.5) is 5.69 Å². The fourth-order valence-electron chi connectivity index (χ4n) is 1.14. The van der Waals surface area contributed by atoms with Crippen molar-refractivity contribution in [1.29, 1.82) is 0 Å². The Morgan fingerprint density at radius 2 is 2.25 bits per heavy atom. The number of nitrogens with two attached hydrogens (primary N) is 1. The minimum Gasteiger partial charge on any atom is -0.398 e. The standard InChI is InChI=1S/C8H9N2OP/c1-4-5-2-6(9)8(12)3-7(5)11-10-4/h2-3H,9,12H2,1H3. The molecule has 0 amide bonds. The molecule has 0 aliphatic carbocycles. The molecule has 1 heterocycles. The third kappa shape index (κ3) is 0.978. The molecule has 62 valence electrons. The summed E-state index contributed by atoms with van der Waals surface area (Å²) in [6.45, 7) is 1.90. The molecule has 1 atom stereocenters. The van der Waals surface area contributed by atoms with Crippen LogP contribution in [0, 0.1) is 6.92 Å². The van der Waals surface area contributed by atoms with E-state index in [9.17, 15) is 0 Å². The fraction of sp³-hybridized carbons (Fsp3) is 0.125. The minimum absolute atomic E-state index is 0.749. The average Bonchev–Trinajstić information content (AvgIpc) is 2.35. The molecule has 0 aliphatic heterocycles. The van der Waals surface area contributed by atoms with Crippen molar-refractivity contribution in [3.63, 3.8) is 0 Å². The van der Waals surface area contributed by atoms with Crippen molar-refractivity contribution in [2.24, 2.45) is 0 Å². The molecule has 2 N–H and O–H groups in total. The van der Waals surface area contributed by atoms with E-state index in [4.69, 9.17) is 10.3 Å². The van der Waals surface area contributed by atoms with Gasteiger partial charge in [-0.1, -0.05) is 5.16 Å². The number of fused-ring (bicyclic) bond motifs is 1. The van der Waals surface area contributed by atoms with Gasteiger partial charge in [-0.3, -0.25) is 0 Å². The molecule has 4 heteroatoms. The minimum atomic E-state index is 0.749. The van der Waals surface area contributed by atoms with Gasteiger partial charge in [-0.05, 0) is 24.4 Å². The smallest absolute Gasteiger partial charge is 0.167 e. The lowest BCUT2D eigenvalue weighted by molar-refractivity contribution is 0.450. The number of aromatic nitrogens is 1. The van der Waals surface area contributed by atoms with E-state index < -0.39 is 0 Å². The van der Waals surface area contributed by atoms with E-state index in [0.29, 0.717) is 0 Å². The highest BCUT2D eigenvalue weighted by molar-refractivity contribution is 7.28. The lowest BCUT2D eigenvalue weighted by atomic mass is 10.2. The zero-order valence-electron chi connectivity index (χ0n) is 6.66. The molecular weight excluding hydrogens is 171 g/mol. The van der Waals surface area contributed by atoms with Crippen molar-refractivity contribution in [3.8, 4) is 0 Å². The first-order valence-corrected chi connectivity index (χ1v) is 4.17. The van der Waals surface area contributed by atoms with Gasteiger partial charge in [-0.2, -0.15) is 0 Å². The molecule has 12 heavy (non-hydrogen) atoms. The van der Waals surface area contributed by atoms with Crippen LogP contribution in [-0.4, -0.2) is 5.16 Å². The van der Waals surface area contributed by atoms with Gasteiger partial charge in [0.2, 0.25) is 0 Å². The summed E-state index contributed by atoms with van der Waals surface area (Å²) < 4.78 is 5.07. The molecule has 0 bridgehead atoms. The van der Waals surface area contributed by atoms with Gasteiger partial charge in [0.25, 0.3) is 0 Å². The van der Waals surface area contributed by atoms with E-state index in [0.717, 1.165) is 27.7 Å². The maximum absolute atomic E-state index is 5.72. The highest BCUT2D eigenvalue weighted by Gasteiger charge is 2.05. The molecule has 0 saturated heterocycles. The third-order valence-corrected chi connectivity index (χ3v) is 2.36. The highest BCUT2D eigenvalue weighted by atomic mass is 31.0. The molecule has 0 radical (unpaired) electrons. The second-order valence-electron chi connectivity index (χ2n) is 2.75. The molecule has 2 rings (SSSR count). The predicted molar refractivity (Wildman–Crippen MR) is 52.5 cm³/mol. The Labute approximate surface area is 72.1 Å². The van der Waals surface area contributed by atoms with E-state index in [1.807, 2.05) is 19.1 Å². The fourth-order valence-corrected chi connectivity index (χ4v) is 1.37. The monoisotopic (exact) mass is 180 g/mol. The van der Waals surface area contributed by atoms with Gasteiger partial charge in [-0.15, -0.1) is 9.24 Å². The van der Waals surface area contributed by atoms with Crippen LogP contribution in [0.5, 0.6) is 0 Å². The van der Waals surface area contributed by atoms with Gasteiger partial charge in [0, 0.05) is 11.1 Å². The van der Waals surface area contributed by atoms with Crippen LogP contribution in [0.1, 0.15) is 5.69 Å². The molecular formula is C8H9N2OP. The van der Waals surface area contributed by atoms with E-state index in [-0.39, 0.29) is 0 Å². The largest absolute Gasteiger partial charge is 0.398 e. The van der Waals surface area contributed by atoms with Gasteiger partial charge < -0.3 is 10.3 Å². The van der Waals surface area contributed by atoms with Crippen LogP contribution in [0.2, 0.25) is 0 Å². The first-order valence-electron chi connectivity index (χ1n) is 3.59. The number of rotatable bonds is 0. The van der Waals surface area contributed by atoms with Gasteiger partial charge in [0.1, 0.15) is 0 Å². The summed E-state index contributed by atoms with van der Waals surface area (Å²) in [7, 11) is 2.56. The van der Waals surface area contributed by atoms with E-state index in [1.54, 1.807) is 0 Å². The van der Waals surface area contributed by atoms with Gasteiger partial charge in [-0.25, -0.2) is 0 Å². The summed E-state index contributed by atoms with van der Waals surface area (Å²) in [4.78, 5) is 0. The molecule has 3 nitrogen and oxygen atoms in total. The topological polar surface area (TPSA) is 52.0 Å². The molecule has 0 fully saturated rings. The average molecular weight is 180 g/mol. The summed E-state index contributed by atoms with van der Waals surface area (Å²) in [6.07, 6.45) is 0. The van der Waals surface area contributed by atoms with Crippen LogP contribution >= 0.6 is 9.24 Å². The molecule has 1 unspecified atom stereocenters. The van der Waals surface area contributed by atoms with Gasteiger partial charge in [0.15, 0.2) is 5.58 Å². The SMILES string of the molecule is Cc1noc2cc(P)c(N)cc12. The highest BCUT2D eigenvalue weighted by Crippen LogP contribution is 2.20. The van der Waals surface area contributed by atoms with Crippen LogP contribution in [-0.2, 0) is 0 Å². The second-order valence-corrected chi connectivity index (χ2v) is 3.37. The molecule has 1 aromatic carbocycles. The number of benzene rings is 1. The zero-order valence-corrected chi connectivity index (χ0v) is 7.82. The molecule has 0 spiro atoms. The summed E-state index contributed by atoms with van der Waals surface area (Å²) in [5, 5.41) is 5.77. The number of aryl methyl sites for hydroxylation is 1. The number of nitrogen functional groups attached to an aromatic ring is 1. The zero-order chi connectivity index (χ0) is 8.72. The molecule has 1 aromatic heterocycles. The molecule has 0 aliphatic rings. The Kier molecular flexibility index (Phi) is 1.55. The molecule has 0 saturated carbocycles. The third-order valence-electron chi connectivity index (χ3n) is 1.86. The Morgan fingerprint density at radius 1 is 1.50 bits per heavy atom. The lowest BCUT2D eigenvalue weighted by Crippen LogP contribution is -1.99. The Bertz CT molecular complexity index is 436. The lowest BCUT2D eigenvalue weighted by Gasteiger charge is -1.97. The maximum Gasteiger partial charge on any atom is 0.167 e. The molecule has 2 aromatic rings. The van der Waals surface area contributed by atoms with Crippen molar-refractivity contribution in [1.82, 2.24) is 5.16 Å². The number of hydrogen-bond acceptors (Lipinski definition) is 3. The summed E-state index contributed by atoms with van der Waals surface area (Å²) >= 11 is 0. The summed E-state index contributed by atoms with van der Waals surface area (Å²) in [5.41, 5.74) is 8.13. The number of nitrogens with zero attached hydrogens (tertiary/aromatic N) is 1. The Morgan fingerprint density at radius 3 is 3.00 bits per heavy atom. The van der Waals surface area contributed by atoms with E-state index in [2.05, 4.69) is 14.4 Å². The van der Waals surface area contributed by atoms with Crippen molar-refractivity contribution < 1.29 is 4.52 Å². The van der Waals surface area contributed by atoms with E-state index in [1.165, 1.54) is 0 Å². The normalized spacial score (nSPS) is 10.8. The summed E-state index contributed by atoms with van der Waals surface area (Å²) in [5.74, 6) is 0. The maximum atomic E-state index is 5.72. The Balaban J connectivity index is 2.87. The number of hydrogen-bond donors (Lipinski definition) is 1. The van der Waals surface area contributed by atoms with E-state index >= 15 is 0 Å². The first-order chi connectivity index (χ1) is 5.68. The van der Waals surface area contributed by atoms with Gasteiger partial charge in [0.05, 0.1) is 5.69 Å². The van der Waals surface area contributed by atoms with Crippen LogP contribution in [0.25, 0.3) is 11.0 Å².